The van der Waals surface area contributed by atoms with E-state index in [0.29, 0.717) is 35.1 Å². The second-order valence-corrected chi connectivity index (χ2v) is 8.99. The van der Waals surface area contributed by atoms with Crippen LogP contribution in [0.25, 0.3) is 0 Å². The van der Waals surface area contributed by atoms with Gasteiger partial charge in [-0.3, -0.25) is 4.72 Å². The van der Waals surface area contributed by atoms with Gasteiger partial charge in [-0.1, -0.05) is 11.6 Å². The first-order valence-electron chi connectivity index (χ1n) is 8.06. The molecule has 0 bridgehead atoms. The van der Waals surface area contributed by atoms with E-state index in [1.807, 2.05) is 0 Å². The normalized spacial score (nSPS) is 16.6. The van der Waals surface area contributed by atoms with Gasteiger partial charge in [-0.25, -0.2) is 18.4 Å². The van der Waals surface area contributed by atoms with Gasteiger partial charge in [0.25, 0.3) is 0 Å². The summed E-state index contributed by atoms with van der Waals surface area (Å²) in [5.74, 6) is 0.658. The lowest BCUT2D eigenvalue weighted by atomic mass is 10.2. The molecule has 1 aromatic carbocycles. The number of hydrogen-bond acceptors (Lipinski definition) is 5. The standard InChI is InChI=1S/C16H16Cl2N4O2S/c17-12-7-4-9(8-14(12)22-25(23,24)10-5-6-10)19-15-11-2-1-3-13(11)20-16(18)21-15/h4,7-8,10,22H,1-3,5-6H2,(H,19,20,21). The first-order valence-corrected chi connectivity index (χ1v) is 10.4. The molecule has 0 atom stereocenters. The molecular weight excluding hydrogens is 383 g/mol. The lowest BCUT2D eigenvalue weighted by Gasteiger charge is -2.13. The maximum atomic E-state index is 12.2. The molecule has 9 heteroatoms. The Kier molecular flexibility index (Phi) is 4.25. The van der Waals surface area contributed by atoms with Gasteiger partial charge < -0.3 is 5.32 Å². The van der Waals surface area contributed by atoms with E-state index in [-0.39, 0.29) is 10.5 Å². The lowest BCUT2D eigenvalue weighted by Crippen LogP contribution is -2.17. The average Bonchev–Trinajstić information content (AvgIpc) is 3.31. The third kappa shape index (κ3) is 3.54. The summed E-state index contributed by atoms with van der Waals surface area (Å²) >= 11 is 12.2. The minimum absolute atomic E-state index is 0.201. The van der Waals surface area contributed by atoms with Gasteiger partial charge in [0.1, 0.15) is 5.82 Å². The van der Waals surface area contributed by atoms with Crippen LogP contribution in [0.3, 0.4) is 0 Å². The minimum Gasteiger partial charge on any atom is -0.340 e. The summed E-state index contributed by atoms with van der Waals surface area (Å²) in [5, 5.41) is 3.45. The molecule has 0 unspecified atom stereocenters. The van der Waals surface area contributed by atoms with Crippen molar-refractivity contribution < 1.29 is 8.42 Å². The van der Waals surface area contributed by atoms with Crippen LogP contribution in [-0.2, 0) is 22.9 Å². The first-order chi connectivity index (χ1) is 11.9. The number of nitrogens with one attached hydrogen (secondary N) is 2. The topological polar surface area (TPSA) is 84.0 Å². The summed E-state index contributed by atoms with van der Waals surface area (Å²) in [6.07, 6.45) is 4.18. The summed E-state index contributed by atoms with van der Waals surface area (Å²) in [5.41, 5.74) is 3.06. The Morgan fingerprint density at radius 3 is 2.68 bits per heavy atom. The molecule has 0 aliphatic heterocycles. The van der Waals surface area contributed by atoms with Crippen LogP contribution in [-0.4, -0.2) is 23.6 Å². The molecule has 0 spiro atoms. The number of anilines is 3. The van der Waals surface area contributed by atoms with Gasteiger partial charge in [-0.2, -0.15) is 0 Å². The predicted octanol–water partition coefficient (Wildman–Crippen LogP) is 3.92. The molecule has 2 aliphatic carbocycles. The van der Waals surface area contributed by atoms with Crippen molar-refractivity contribution in [2.75, 3.05) is 10.0 Å². The summed E-state index contributed by atoms with van der Waals surface area (Å²) in [7, 11) is -3.38. The fourth-order valence-corrected chi connectivity index (χ4v) is 4.74. The van der Waals surface area contributed by atoms with E-state index in [4.69, 9.17) is 23.2 Å². The molecule has 4 rings (SSSR count). The van der Waals surface area contributed by atoms with Gasteiger partial charge in [-0.15, -0.1) is 0 Å². The zero-order chi connectivity index (χ0) is 17.6. The second kappa shape index (κ2) is 6.30. The highest BCUT2D eigenvalue weighted by molar-refractivity contribution is 7.93. The van der Waals surface area contributed by atoms with Gasteiger partial charge in [0.2, 0.25) is 15.3 Å². The van der Waals surface area contributed by atoms with Crippen LogP contribution in [0.1, 0.15) is 30.5 Å². The van der Waals surface area contributed by atoms with Crippen LogP contribution in [0.4, 0.5) is 17.2 Å². The second-order valence-electron chi connectivity index (χ2n) is 6.29. The monoisotopic (exact) mass is 398 g/mol. The summed E-state index contributed by atoms with van der Waals surface area (Å²) in [4.78, 5) is 8.54. The van der Waals surface area contributed by atoms with E-state index in [1.165, 1.54) is 0 Å². The quantitative estimate of drug-likeness (QED) is 0.745. The number of aromatic nitrogens is 2. The van der Waals surface area contributed by atoms with Crippen molar-refractivity contribution >= 4 is 50.4 Å². The van der Waals surface area contributed by atoms with Crippen molar-refractivity contribution in [3.8, 4) is 0 Å². The van der Waals surface area contributed by atoms with E-state index in [1.54, 1.807) is 18.2 Å². The lowest BCUT2D eigenvalue weighted by molar-refractivity contribution is 0.600. The fraction of sp³-hybridized carbons (Fsp3) is 0.375. The molecule has 0 radical (unpaired) electrons. The zero-order valence-electron chi connectivity index (χ0n) is 13.2. The molecule has 2 aromatic rings. The molecule has 132 valence electrons. The van der Waals surface area contributed by atoms with Crippen LogP contribution in [0.15, 0.2) is 18.2 Å². The van der Waals surface area contributed by atoms with E-state index in [2.05, 4.69) is 20.0 Å². The molecular formula is C16H16Cl2N4O2S. The maximum absolute atomic E-state index is 12.2. The molecule has 25 heavy (non-hydrogen) atoms. The first kappa shape index (κ1) is 16.9. The van der Waals surface area contributed by atoms with E-state index >= 15 is 0 Å². The Bertz CT molecular complexity index is 945. The Balaban J connectivity index is 1.63. The molecule has 2 aliphatic rings. The van der Waals surface area contributed by atoms with Crippen molar-refractivity contribution in [2.24, 2.45) is 0 Å². The highest BCUT2D eigenvalue weighted by Gasteiger charge is 2.36. The van der Waals surface area contributed by atoms with Gasteiger partial charge in [0.05, 0.1) is 21.7 Å². The van der Waals surface area contributed by atoms with Crippen LogP contribution in [0, 0.1) is 0 Å². The number of rotatable bonds is 5. The molecule has 0 saturated heterocycles. The Hall–Kier alpha value is -1.57. The van der Waals surface area contributed by atoms with Gasteiger partial charge >= 0.3 is 0 Å². The SMILES string of the molecule is O=S(=O)(Nc1cc(Nc2nc(Cl)nc3c2CCC3)ccc1Cl)C1CC1. The van der Waals surface area contributed by atoms with E-state index in [9.17, 15) is 8.42 Å². The zero-order valence-corrected chi connectivity index (χ0v) is 15.5. The van der Waals surface area contributed by atoms with Crippen LogP contribution in [0.5, 0.6) is 0 Å². The number of halogens is 2. The molecule has 2 N–H and O–H groups in total. The third-order valence-electron chi connectivity index (χ3n) is 4.35. The number of hydrogen-bond donors (Lipinski definition) is 2. The summed E-state index contributed by atoms with van der Waals surface area (Å²) in [6, 6.07) is 5.09. The summed E-state index contributed by atoms with van der Waals surface area (Å²) < 4.78 is 26.9. The predicted molar refractivity (Wildman–Crippen MR) is 99.4 cm³/mol. The number of benzene rings is 1. The smallest absolute Gasteiger partial charge is 0.235 e. The van der Waals surface area contributed by atoms with Crippen molar-refractivity contribution in [3.05, 3.63) is 39.8 Å². The largest absolute Gasteiger partial charge is 0.340 e. The van der Waals surface area contributed by atoms with Gasteiger partial charge in [-0.05, 0) is 61.9 Å². The summed E-state index contributed by atoms with van der Waals surface area (Å²) in [6.45, 7) is 0. The van der Waals surface area contributed by atoms with Gasteiger partial charge in [0.15, 0.2) is 0 Å². The highest BCUT2D eigenvalue weighted by Crippen LogP contribution is 2.34. The fourth-order valence-electron chi connectivity index (χ4n) is 2.94. The molecule has 1 heterocycles. The van der Waals surface area contributed by atoms with Crippen molar-refractivity contribution in [2.45, 2.75) is 37.4 Å². The molecule has 6 nitrogen and oxygen atoms in total. The van der Waals surface area contributed by atoms with Gasteiger partial charge in [0, 0.05) is 11.3 Å². The number of sulfonamides is 1. The maximum Gasteiger partial charge on any atom is 0.235 e. The van der Waals surface area contributed by atoms with Crippen LogP contribution >= 0.6 is 23.2 Å². The van der Waals surface area contributed by atoms with Crippen molar-refractivity contribution in [1.29, 1.82) is 0 Å². The van der Waals surface area contributed by atoms with Crippen molar-refractivity contribution in [3.63, 3.8) is 0 Å². The van der Waals surface area contributed by atoms with E-state index < -0.39 is 10.0 Å². The Labute approximate surface area is 156 Å². The Morgan fingerprint density at radius 2 is 1.92 bits per heavy atom. The van der Waals surface area contributed by atoms with Crippen LogP contribution < -0.4 is 10.0 Å². The average molecular weight is 399 g/mol. The van der Waals surface area contributed by atoms with E-state index in [0.717, 1.165) is 30.5 Å². The van der Waals surface area contributed by atoms with Crippen molar-refractivity contribution in [1.82, 2.24) is 9.97 Å². The number of nitrogens with zero attached hydrogens (tertiary/aromatic N) is 2. The molecule has 1 aromatic heterocycles. The molecule has 1 saturated carbocycles. The number of fused-ring (bicyclic) bond motifs is 1. The minimum atomic E-state index is -3.38. The van der Waals surface area contributed by atoms with Crippen LogP contribution in [0.2, 0.25) is 10.3 Å². The highest BCUT2D eigenvalue weighted by atomic mass is 35.5. The third-order valence-corrected chi connectivity index (χ3v) is 6.70. The molecule has 0 amide bonds. The Morgan fingerprint density at radius 1 is 1.12 bits per heavy atom. The molecule has 1 fully saturated rings. The number of aryl methyl sites for hydroxylation is 1.